The quantitative estimate of drug-likeness (QED) is 0.301. The predicted molar refractivity (Wildman–Crippen MR) is 142 cm³/mol. The third-order valence-electron chi connectivity index (χ3n) is 5.86. The minimum absolute atomic E-state index is 0.116. The van der Waals surface area contributed by atoms with Crippen molar-refractivity contribution in [1.29, 1.82) is 0 Å². The Morgan fingerprint density at radius 3 is 2.51 bits per heavy atom. The van der Waals surface area contributed by atoms with Gasteiger partial charge in [-0.2, -0.15) is 0 Å². The van der Waals surface area contributed by atoms with Gasteiger partial charge in [0.25, 0.3) is 0 Å². The van der Waals surface area contributed by atoms with E-state index in [1.165, 1.54) is 18.3 Å². The molecule has 0 bridgehead atoms. The molecule has 1 unspecified atom stereocenters. The van der Waals surface area contributed by atoms with E-state index in [-0.39, 0.29) is 18.2 Å². The van der Waals surface area contributed by atoms with Crippen LogP contribution in [0.1, 0.15) is 41.9 Å². The fourth-order valence-electron chi connectivity index (χ4n) is 4.09. The molecule has 8 heteroatoms. The molecule has 2 N–H and O–H groups in total. The number of hydrogen-bond acceptors (Lipinski definition) is 4. The molecule has 6 nitrogen and oxygen atoms in total. The van der Waals surface area contributed by atoms with Crippen LogP contribution in [0.2, 0.25) is 5.02 Å². The minimum Gasteiger partial charge on any atom is -0.349 e. The van der Waals surface area contributed by atoms with Crippen molar-refractivity contribution in [3.05, 3.63) is 93.6 Å². The first kappa shape index (κ1) is 24.7. The van der Waals surface area contributed by atoms with Crippen LogP contribution < -0.4 is 10.6 Å². The van der Waals surface area contributed by atoms with Gasteiger partial charge < -0.3 is 15.2 Å². The highest BCUT2D eigenvalue weighted by atomic mass is 35.5. The second-order valence-corrected chi connectivity index (χ2v) is 9.68. The van der Waals surface area contributed by atoms with Gasteiger partial charge in [0.1, 0.15) is 0 Å². The normalized spacial score (nSPS) is 11.8. The second kappa shape index (κ2) is 10.9. The van der Waals surface area contributed by atoms with Gasteiger partial charge >= 0.3 is 0 Å². The van der Waals surface area contributed by atoms with Crippen molar-refractivity contribution in [2.45, 2.75) is 39.8 Å². The standard InChI is InChI=1S/C27H27ClN4O2S/c1-17-13-22(18(2)32(17)15-21-11-7-8-12-23(21)28)25-16-35-27(30-25)31-26(34)14-24(29-19(3)33)20-9-5-4-6-10-20/h4-13,16,24H,14-15H2,1-3H3,(H,29,33)(H,30,31,34). The first-order valence-electron chi connectivity index (χ1n) is 11.3. The summed E-state index contributed by atoms with van der Waals surface area (Å²) in [5.74, 6) is -0.395. The van der Waals surface area contributed by atoms with E-state index in [1.807, 2.05) is 60.0 Å². The molecule has 0 radical (unpaired) electrons. The van der Waals surface area contributed by atoms with E-state index in [1.54, 1.807) is 0 Å². The fraction of sp³-hybridized carbons (Fsp3) is 0.222. The molecule has 1 atom stereocenters. The van der Waals surface area contributed by atoms with Crippen molar-refractivity contribution >= 4 is 39.9 Å². The van der Waals surface area contributed by atoms with Crippen molar-refractivity contribution < 1.29 is 9.59 Å². The van der Waals surface area contributed by atoms with Gasteiger partial charge in [-0.1, -0.05) is 60.1 Å². The van der Waals surface area contributed by atoms with Gasteiger partial charge in [0, 0.05) is 40.8 Å². The Hall–Kier alpha value is -3.42. The number of nitrogens with one attached hydrogen (secondary N) is 2. The maximum absolute atomic E-state index is 12.8. The van der Waals surface area contributed by atoms with E-state index in [2.05, 4.69) is 40.1 Å². The lowest BCUT2D eigenvalue weighted by atomic mass is 10.0. The maximum atomic E-state index is 12.8. The van der Waals surface area contributed by atoms with Crippen molar-refractivity contribution in [2.24, 2.45) is 0 Å². The molecule has 4 aromatic rings. The lowest BCUT2D eigenvalue weighted by Crippen LogP contribution is -2.29. The molecule has 2 aromatic carbocycles. The van der Waals surface area contributed by atoms with Crippen LogP contribution in [-0.4, -0.2) is 21.4 Å². The largest absolute Gasteiger partial charge is 0.349 e. The summed E-state index contributed by atoms with van der Waals surface area (Å²) in [6, 6.07) is 19.0. The monoisotopic (exact) mass is 506 g/mol. The van der Waals surface area contributed by atoms with Crippen LogP contribution >= 0.6 is 22.9 Å². The maximum Gasteiger partial charge on any atom is 0.228 e. The van der Waals surface area contributed by atoms with E-state index < -0.39 is 6.04 Å². The molecule has 0 spiro atoms. The number of benzene rings is 2. The number of thiazole rings is 1. The second-order valence-electron chi connectivity index (χ2n) is 8.42. The number of rotatable bonds is 8. The summed E-state index contributed by atoms with van der Waals surface area (Å²) in [5, 5.41) is 8.95. The zero-order chi connectivity index (χ0) is 24.9. The third kappa shape index (κ3) is 5.99. The summed E-state index contributed by atoms with van der Waals surface area (Å²) >= 11 is 7.75. The highest BCUT2D eigenvalue weighted by Gasteiger charge is 2.19. The van der Waals surface area contributed by atoms with Gasteiger partial charge in [-0.15, -0.1) is 11.3 Å². The molecule has 4 rings (SSSR count). The average Bonchev–Trinajstić information content (AvgIpc) is 3.39. The lowest BCUT2D eigenvalue weighted by Gasteiger charge is -2.17. The number of carbonyl (C=O) groups excluding carboxylic acids is 2. The average molecular weight is 507 g/mol. The number of aryl methyl sites for hydroxylation is 1. The number of halogens is 1. The van der Waals surface area contributed by atoms with Crippen LogP contribution in [0, 0.1) is 13.8 Å². The van der Waals surface area contributed by atoms with E-state index >= 15 is 0 Å². The number of nitrogens with zero attached hydrogens (tertiary/aromatic N) is 2. The predicted octanol–water partition coefficient (Wildman–Crippen LogP) is 6.14. The van der Waals surface area contributed by atoms with E-state index in [9.17, 15) is 9.59 Å². The van der Waals surface area contributed by atoms with Crippen LogP contribution in [0.4, 0.5) is 5.13 Å². The first-order valence-corrected chi connectivity index (χ1v) is 12.6. The highest BCUT2D eigenvalue weighted by molar-refractivity contribution is 7.14. The molecule has 35 heavy (non-hydrogen) atoms. The SMILES string of the molecule is CC(=O)NC(CC(=O)Nc1nc(-c2cc(C)n(Cc3ccccc3Cl)c2C)cs1)c1ccccc1. The molecule has 0 aliphatic rings. The number of aromatic nitrogens is 2. The highest BCUT2D eigenvalue weighted by Crippen LogP contribution is 2.31. The molecule has 2 aromatic heterocycles. The van der Waals surface area contributed by atoms with E-state index in [0.29, 0.717) is 11.7 Å². The number of carbonyl (C=O) groups is 2. The van der Waals surface area contributed by atoms with Gasteiger partial charge in [0.2, 0.25) is 11.8 Å². The van der Waals surface area contributed by atoms with Gasteiger partial charge in [-0.3, -0.25) is 9.59 Å². The smallest absolute Gasteiger partial charge is 0.228 e. The van der Waals surface area contributed by atoms with E-state index in [0.717, 1.165) is 38.8 Å². The Kier molecular flexibility index (Phi) is 7.68. The third-order valence-corrected chi connectivity index (χ3v) is 6.98. The van der Waals surface area contributed by atoms with Crippen molar-refractivity contribution in [3.8, 4) is 11.3 Å². The van der Waals surface area contributed by atoms with Crippen molar-refractivity contribution in [3.63, 3.8) is 0 Å². The summed E-state index contributed by atoms with van der Waals surface area (Å²) in [6.07, 6.45) is 0.116. The van der Waals surface area contributed by atoms with Gasteiger partial charge in [-0.25, -0.2) is 4.98 Å². The Morgan fingerprint density at radius 1 is 1.09 bits per heavy atom. The summed E-state index contributed by atoms with van der Waals surface area (Å²) in [7, 11) is 0. The molecule has 0 aliphatic heterocycles. The van der Waals surface area contributed by atoms with Crippen LogP contribution in [0.3, 0.4) is 0 Å². The molecule has 0 saturated heterocycles. The summed E-state index contributed by atoms with van der Waals surface area (Å²) in [6.45, 7) is 6.25. The molecule has 0 saturated carbocycles. The Bertz CT molecular complexity index is 1350. The van der Waals surface area contributed by atoms with Gasteiger partial charge in [0.15, 0.2) is 5.13 Å². The molecule has 0 aliphatic carbocycles. The fourth-order valence-corrected chi connectivity index (χ4v) is 5.02. The molecular weight excluding hydrogens is 480 g/mol. The molecular formula is C27H27ClN4O2S. The molecule has 0 fully saturated rings. The summed E-state index contributed by atoms with van der Waals surface area (Å²) in [4.78, 5) is 29.1. The van der Waals surface area contributed by atoms with E-state index in [4.69, 9.17) is 11.6 Å². The zero-order valence-electron chi connectivity index (χ0n) is 19.8. The zero-order valence-corrected chi connectivity index (χ0v) is 21.4. The lowest BCUT2D eigenvalue weighted by molar-refractivity contribution is -0.120. The van der Waals surface area contributed by atoms with Crippen LogP contribution in [0.5, 0.6) is 0 Å². The Morgan fingerprint density at radius 2 is 1.80 bits per heavy atom. The van der Waals surface area contributed by atoms with Crippen molar-refractivity contribution in [1.82, 2.24) is 14.9 Å². The topological polar surface area (TPSA) is 76.0 Å². The summed E-state index contributed by atoms with van der Waals surface area (Å²) in [5.41, 5.74) is 5.96. The number of anilines is 1. The number of hydrogen-bond donors (Lipinski definition) is 2. The molecule has 2 heterocycles. The molecule has 2 amide bonds. The van der Waals surface area contributed by atoms with Crippen LogP contribution in [-0.2, 0) is 16.1 Å². The minimum atomic E-state index is -0.406. The Balaban J connectivity index is 1.48. The number of amides is 2. The van der Waals surface area contributed by atoms with Gasteiger partial charge in [0.05, 0.1) is 18.2 Å². The Labute approximate surface area is 214 Å². The first-order chi connectivity index (χ1) is 16.8. The van der Waals surface area contributed by atoms with Crippen LogP contribution in [0.25, 0.3) is 11.3 Å². The van der Waals surface area contributed by atoms with Crippen molar-refractivity contribution in [2.75, 3.05) is 5.32 Å². The summed E-state index contributed by atoms with van der Waals surface area (Å²) < 4.78 is 2.21. The molecule has 180 valence electrons. The van der Waals surface area contributed by atoms with Gasteiger partial charge in [-0.05, 0) is 37.1 Å². The van der Waals surface area contributed by atoms with Crippen LogP contribution in [0.15, 0.2) is 66.0 Å².